The molecule has 7 heteroatoms. The Kier molecular flexibility index (Phi) is 4.76. The van der Waals surface area contributed by atoms with Crippen LogP contribution < -0.4 is 5.56 Å². The van der Waals surface area contributed by atoms with E-state index < -0.39 is 0 Å². The molecule has 0 fully saturated rings. The molecule has 5 nitrogen and oxygen atoms in total. The van der Waals surface area contributed by atoms with E-state index in [9.17, 15) is 4.79 Å². The summed E-state index contributed by atoms with van der Waals surface area (Å²) in [5.74, 6) is 1.17. The molecule has 0 aliphatic rings. The molecule has 4 aromatic rings. The first-order valence-electron chi connectivity index (χ1n) is 8.45. The van der Waals surface area contributed by atoms with Gasteiger partial charge in [-0.2, -0.15) is 0 Å². The number of aryl methyl sites for hydroxylation is 2. The molecule has 0 aliphatic carbocycles. The Morgan fingerprint density at radius 1 is 1.07 bits per heavy atom. The van der Waals surface area contributed by atoms with Crippen molar-refractivity contribution in [1.82, 2.24) is 19.5 Å². The number of hydrogen-bond donors (Lipinski definition) is 1. The summed E-state index contributed by atoms with van der Waals surface area (Å²) < 4.78 is 1.65. The number of fused-ring (bicyclic) bond motifs is 1. The van der Waals surface area contributed by atoms with Crippen LogP contribution in [-0.2, 0) is 5.75 Å². The van der Waals surface area contributed by atoms with Crippen LogP contribution in [0.2, 0.25) is 5.02 Å². The molecule has 2 aromatic carbocycles. The number of thioether (sulfide) groups is 1. The molecule has 0 atom stereocenters. The minimum absolute atomic E-state index is 0.0923. The Hall–Kier alpha value is -2.57. The SMILES string of the molecule is Cc1nc(SCc2nc3ccccc3c(=O)n2-c2ccc(Cl)cc2)[nH]c1C. The Morgan fingerprint density at radius 3 is 2.52 bits per heavy atom. The molecule has 0 spiro atoms. The van der Waals surface area contributed by atoms with Crippen molar-refractivity contribution in [1.29, 1.82) is 0 Å². The number of nitrogens with zero attached hydrogens (tertiary/aromatic N) is 3. The van der Waals surface area contributed by atoms with E-state index in [2.05, 4.69) is 9.97 Å². The smallest absolute Gasteiger partial charge is 0.265 e. The van der Waals surface area contributed by atoms with Crippen LogP contribution >= 0.6 is 23.4 Å². The van der Waals surface area contributed by atoms with Gasteiger partial charge < -0.3 is 4.98 Å². The summed E-state index contributed by atoms with van der Waals surface area (Å²) in [6.07, 6.45) is 0. The maximum absolute atomic E-state index is 13.2. The third kappa shape index (κ3) is 3.50. The van der Waals surface area contributed by atoms with Crippen LogP contribution in [0.5, 0.6) is 0 Å². The summed E-state index contributed by atoms with van der Waals surface area (Å²) in [4.78, 5) is 25.7. The van der Waals surface area contributed by atoms with E-state index in [1.807, 2.05) is 44.2 Å². The number of imidazole rings is 1. The van der Waals surface area contributed by atoms with Crippen molar-refractivity contribution in [2.24, 2.45) is 0 Å². The first-order valence-corrected chi connectivity index (χ1v) is 9.82. The maximum atomic E-state index is 13.2. The standard InChI is InChI=1S/C20H17ClN4OS/c1-12-13(2)23-20(22-12)27-11-18-24-17-6-4-3-5-16(17)19(26)25(18)15-9-7-14(21)8-10-15/h3-10H,11H2,1-2H3,(H,22,23). The number of halogens is 1. The number of hydrogen-bond acceptors (Lipinski definition) is 4. The second-order valence-corrected chi connectivity index (χ2v) is 7.60. The maximum Gasteiger partial charge on any atom is 0.265 e. The van der Waals surface area contributed by atoms with Gasteiger partial charge in [-0.05, 0) is 50.2 Å². The Labute approximate surface area is 165 Å². The van der Waals surface area contributed by atoms with E-state index in [-0.39, 0.29) is 5.56 Å². The van der Waals surface area contributed by atoms with Crippen molar-refractivity contribution in [2.45, 2.75) is 24.8 Å². The van der Waals surface area contributed by atoms with Gasteiger partial charge in [-0.1, -0.05) is 35.5 Å². The monoisotopic (exact) mass is 396 g/mol. The first-order chi connectivity index (χ1) is 13.0. The normalized spacial score (nSPS) is 11.2. The Morgan fingerprint density at radius 2 is 1.81 bits per heavy atom. The molecule has 0 amide bonds. The molecule has 0 saturated heterocycles. The average Bonchev–Trinajstić information content (AvgIpc) is 2.99. The van der Waals surface area contributed by atoms with Gasteiger partial charge in [0.05, 0.1) is 28.0 Å². The number of benzene rings is 2. The molecule has 0 saturated carbocycles. The number of H-pyrrole nitrogens is 1. The van der Waals surface area contributed by atoms with Crippen LogP contribution in [0, 0.1) is 13.8 Å². The predicted octanol–water partition coefficient (Wildman–Crippen LogP) is 4.67. The summed E-state index contributed by atoms with van der Waals surface area (Å²) in [6.45, 7) is 3.96. The molecular weight excluding hydrogens is 380 g/mol. The van der Waals surface area contributed by atoms with Crippen molar-refractivity contribution in [2.75, 3.05) is 0 Å². The second kappa shape index (κ2) is 7.21. The van der Waals surface area contributed by atoms with Gasteiger partial charge in [-0.25, -0.2) is 9.97 Å². The zero-order chi connectivity index (χ0) is 19.0. The number of aromatic nitrogens is 4. The summed E-state index contributed by atoms with van der Waals surface area (Å²) in [5, 5.41) is 2.03. The summed E-state index contributed by atoms with van der Waals surface area (Å²) in [5.41, 5.74) is 3.35. The molecule has 136 valence electrons. The molecule has 2 heterocycles. The number of para-hydroxylation sites is 1. The van der Waals surface area contributed by atoms with Gasteiger partial charge in [-0.3, -0.25) is 9.36 Å². The molecular formula is C20H17ClN4OS. The summed E-state index contributed by atoms with van der Waals surface area (Å²) in [6, 6.07) is 14.6. The third-order valence-electron chi connectivity index (χ3n) is 4.37. The highest BCUT2D eigenvalue weighted by atomic mass is 35.5. The third-order valence-corrected chi connectivity index (χ3v) is 5.50. The lowest BCUT2D eigenvalue weighted by molar-refractivity contribution is 0.881. The van der Waals surface area contributed by atoms with E-state index in [1.54, 1.807) is 22.8 Å². The fourth-order valence-corrected chi connectivity index (χ4v) is 3.86. The zero-order valence-corrected chi connectivity index (χ0v) is 16.4. The Balaban J connectivity index is 1.83. The van der Waals surface area contributed by atoms with E-state index >= 15 is 0 Å². The van der Waals surface area contributed by atoms with Gasteiger partial charge in [0.25, 0.3) is 5.56 Å². The fraction of sp³-hybridized carbons (Fsp3) is 0.150. The van der Waals surface area contributed by atoms with Crippen LogP contribution in [0.3, 0.4) is 0 Å². The van der Waals surface area contributed by atoms with E-state index in [1.165, 1.54) is 11.8 Å². The molecule has 27 heavy (non-hydrogen) atoms. The zero-order valence-electron chi connectivity index (χ0n) is 14.9. The fourth-order valence-electron chi connectivity index (χ4n) is 2.85. The molecule has 0 bridgehead atoms. The van der Waals surface area contributed by atoms with Gasteiger partial charge in [-0.15, -0.1) is 0 Å². The number of aromatic amines is 1. The van der Waals surface area contributed by atoms with E-state index in [0.29, 0.717) is 27.5 Å². The summed E-state index contributed by atoms with van der Waals surface area (Å²) in [7, 11) is 0. The topological polar surface area (TPSA) is 63.6 Å². The highest BCUT2D eigenvalue weighted by Crippen LogP contribution is 2.23. The van der Waals surface area contributed by atoms with Crippen LogP contribution in [0.4, 0.5) is 0 Å². The molecule has 4 rings (SSSR count). The van der Waals surface area contributed by atoms with Crippen LogP contribution in [0.15, 0.2) is 58.5 Å². The number of rotatable bonds is 4. The highest BCUT2D eigenvalue weighted by molar-refractivity contribution is 7.98. The van der Waals surface area contributed by atoms with Crippen molar-refractivity contribution in [3.8, 4) is 5.69 Å². The van der Waals surface area contributed by atoms with E-state index in [4.69, 9.17) is 16.6 Å². The lowest BCUT2D eigenvalue weighted by atomic mass is 10.2. The molecule has 1 N–H and O–H groups in total. The largest absolute Gasteiger partial charge is 0.337 e. The second-order valence-electron chi connectivity index (χ2n) is 6.20. The van der Waals surface area contributed by atoms with Gasteiger partial charge in [0.2, 0.25) is 0 Å². The van der Waals surface area contributed by atoms with Gasteiger partial charge in [0.15, 0.2) is 5.16 Å². The average molecular weight is 397 g/mol. The predicted molar refractivity (Wildman–Crippen MR) is 110 cm³/mol. The molecule has 0 aliphatic heterocycles. The van der Waals surface area contributed by atoms with Crippen LogP contribution in [0.25, 0.3) is 16.6 Å². The minimum Gasteiger partial charge on any atom is -0.337 e. The first kappa shape index (κ1) is 17.8. The lowest BCUT2D eigenvalue weighted by Crippen LogP contribution is -2.23. The van der Waals surface area contributed by atoms with Crippen molar-refractivity contribution < 1.29 is 0 Å². The van der Waals surface area contributed by atoms with Gasteiger partial charge in [0.1, 0.15) is 5.82 Å². The van der Waals surface area contributed by atoms with Gasteiger partial charge in [0, 0.05) is 10.7 Å². The van der Waals surface area contributed by atoms with Crippen molar-refractivity contribution in [3.05, 3.63) is 81.1 Å². The number of nitrogens with one attached hydrogen (secondary N) is 1. The quantitative estimate of drug-likeness (QED) is 0.509. The van der Waals surface area contributed by atoms with Crippen LogP contribution in [0.1, 0.15) is 17.2 Å². The molecule has 0 unspecified atom stereocenters. The molecule has 2 aromatic heterocycles. The highest BCUT2D eigenvalue weighted by Gasteiger charge is 2.14. The van der Waals surface area contributed by atoms with E-state index in [0.717, 1.165) is 22.2 Å². The van der Waals surface area contributed by atoms with Gasteiger partial charge >= 0.3 is 0 Å². The lowest BCUT2D eigenvalue weighted by Gasteiger charge is -2.13. The summed E-state index contributed by atoms with van der Waals surface area (Å²) >= 11 is 7.54. The van der Waals surface area contributed by atoms with Crippen LogP contribution in [-0.4, -0.2) is 19.5 Å². The van der Waals surface area contributed by atoms with Crippen molar-refractivity contribution in [3.63, 3.8) is 0 Å². The van der Waals surface area contributed by atoms with Crippen molar-refractivity contribution >= 4 is 34.3 Å². The molecule has 0 radical (unpaired) electrons. The Bertz CT molecular complexity index is 1160. The minimum atomic E-state index is -0.0923.